The number of rotatable bonds is 6. The molecule has 2 aromatic heterocycles. The van der Waals surface area contributed by atoms with Crippen LogP contribution in [0, 0.1) is 0 Å². The van der Waals surface area contributed by atoms with Crippen LogP contribution in [-0.4, -0.2) is 23.0 Å². The van der Waals surface area contributed by atoms with Gasteiger partial charge in [0, 0.05) is 23.3 Å². The maximum absolute atomic E-state index is 11.3. The number of aromatic nitrogens is 2. The van der Waals surface area contributed by atoms with Gasteiger partial charge < -0.3 is 15.0 Å². The number of methoxy groups -OCH3 is 1. The average Bonchev–Trinajstić information content (AvgIpc) is 3.12. The first-order chi connectivity index (χ1) is 9.63. The number of thiazole rings is 1. The summed E-state index contributed by atoms with van der Waals surface area (Å²) in [7, 11) is 1.37. The first-order valence-corrected chi connectivity index (χ1v) is 7.39. The third kappa shape index (κ3) is 3.46. The van der Waals surface area contributed by atoms with Gasteiger partial charge in [-0.1, -0.05) is 6.92 Å². The molecule has 0 spiro atoms. The Morgan fingerprint density at radius 1 is 1.55 bits per heavy atom. The van der Waals surface area contributed by atoms with E-state index in [0.717, 1.165) is 17.1 Å². The summed E-state index contributed by atoms with van der Waals surface area (Å²) in [6.45, 7) is 4.87. The molecule has 0 radical (unpaired) electrons. The first-order valence-electron chi connectivity index (χ1n) is 6.58. The van der Waals surface area contributed by atoms with Gasteiger partial charge in [0.1, 0.15) is 10.7 Å². The number of nitrogens with zero attached hydrogens (tertiary/aromatic N) is 1. The van der Waals surface area contributed by atoms with Crippen molar-refractivity contribution in [2.45, 2.75) is 32.9 Å². The highest BCUT2D eigenvalue weighted by Gasteiger charge is 2.11. The molecule has 0 aliphatic heterocycles. The molecule has 0 aromatic carbocycles. The topological polar surface area (TPSA) is 67.0 Å². The lowest BCUT2D eigenvalue weighted by molar-refractivity contribution is 0.0594. The fourth-order valence-corrected chi connectivity index (χ4v) is 2.69. The van der Waals surface area contributed by atoms with Crippen LogP contribution < -0.4 is 5.32 Å². The number of carbonyl (C=O) groups excluding carboxylic acids is 1. The summed E-state index contributed by atoms with van der Waals surface area (Å²) in [5.74, 6) is -0.350. The molecule has 2 rings (SSSR count). The number of ether oxygens (including phenoxy) is 1. The second kappa shape index (κ2) is 6.67. The quantitative estimate of drug-likeness (QED) is 0.804. The van der Waals surface area contributed by atoms with Crippen molar-refractivity contribution in [2.24, 2.45) is 0 Å². The number of hydrogen-bond acceptors (Lipinski definition) is 5. The molecular weight excluding hydrogens is 274 g/mol. The second-order valence-electron chi connectivity index (χ2n) is 4.51. The van der Waals surface area contributed by atoms with E-state index in [4.69, 9.17) is 0 Å². The van der Waals surface area contributed by atoms with E-state index in [1.54, 1.807) is 17.4 Å². The zero-order valence-electron chi connectivity index (χ0n) is 11.9. The van der Waals surface area contributed by atoms with Gasteiger partial charge in [-0.05, 0) is 25.5 Å². The average molecular weight is 293 g/mol. The third-order valence-corrected chi connectivity index (χ3v) is 4.37. The van der Waals surface area contributed by atoms with Crippen molar-refractivity contribution in [3.8, 4) is 0 Å². The lowest BCUT2D eigenvalue weighted by atomic mass is 10.3. The third-order valence-electron chi connectivity index (χ3n) is 3.04. The van der Waals surface area contributed by atoms with Gasteiger partial charge in [0.2, 0.25) is 0 Å². The van der Waals surface area contributed by atoms with Crippen molar-refractivity contribution in [1.82, 2.24) is 15.3 Å². The Balaban J connectivity index is 1.91. The normalized spacial score (nSPS) is 12.3. The summed E-state index contributed by atoms with van der Waals surface area (Å²) in [5, 5.41) is 4.47. The largest absolute Gasteiger partial charge is 0.464 e. The Morgan fingerprint density at radius 2 is 2.35 bits per heavy atom. The summed E-state index contributed by atoms with van der Waals surface area (Å²) in [6, 6.07) is 3.79. The van der Waals surface area contributed by atoms with Crippen molar-refractivity contribution >= 4 is 17.3 Å². The lowest BCUT2D eigenvalue weighted by Crippen LogP contribution is -2.18. The van der Waals surface area contributed by atoms with Gasteiger partial charge in [-0.2, -0.15) is 0 Å². The van der Waals surface area contributed by atoms with Crippen molar-refractivity contribution in [1.29, 1.82) is 0 Å². The van der Waals surface area contributed by atoms with E-state index in [-0.39, 0.29) is 12.0 Å². The van der Waals surface area contributed by atoms with Crippen molar-refractivity contribution in [2.75, 3.05) is 7.11 Å². The molecule has 2 heterocycles. The van der Waals surface area contributed by atoms with Crippen LogP contribution in [0.2, 0.25) is 0 Å². The number of esters is 1. The number of aromatic amines is 1. The molecule has 0 saturated heterocycles. The monoisotopic (exact) mass is 293 g/mol. The van der Waals surface area contributed by atoms with Gasteiger partial charge in [-0.15, -0.1) is 11.3 Å². The molecule has 20 heavy (non-hydrogen) atoms. The van der Waals surface area contributed by atoms with Crippen molar-refractivity contribution in [3.05, 3.63) is 39.6 Å². The van der Waals surface area contributed by atoms with E-state index in [1.165, 1.54) is 12.0 Å². The Morgan fingerprint density at radius 3 is 3.00 bits per heavy atom. The molecule has 1 atom stereocenters. The molecule has 2 aromatic rings. The molecule has 0 aliphatic carbocycles. The number of nitrogens with one attached hydrogen (secondary N) is 2. The smallest absolute Gasteiger partial charge is 0.354 e. The summed E-state index contributed by atoms with van der Waals surface area (Å²) in [4.78, 5) is 20.1. The minimum Gasteiger partial charge on any atom is -0.464 e. The molecule has 0 bridgehead atoms. The fraction of sp³-hybridized carbons (Fsp3) is 0.429. The second-order valence-corrected chi connectivity index (χ2v) is 5.66. The molecule has 0 fully saturated rings. The number of hydrogen-bond donors (Lipinski definition) is 2. The molecule has 2 N–H and O–H groups in total. The van der Waals surface area contributed by atoms with Crippen LogP contribution in [0.15, 0.2) is 18.3 Å². The van der Waals surface area contributed by atoms with Crippen LogP contribution in [0.1, 0.15) is 46.0 Å². The molecule has 108 valence electrons. The molecular formula is C14H19N3O2S. The Kier molecular flexibility index (Phi) is 4.92. The maximum Gasteiger partial charge on any atom is 0.354 e. The van der Waals surface area contributed by atoms with E-state index >= 15 is 0 Å². The lowest BCUT2D eigenvalue weighted by Gasteiger charge is -2.09. The highest BCUT2D eigenvalue weighted by atomic mass is 32.1. The van der Waals surface area contributed by atoms with Crippen LogP contribution in [-0.2, 0) is 17.7 Å². The van der Waals surface area contributed by atoms with Gasteiger partial charge in [-0.25, -0.2) is 9.78 Å². The highest BCUT2D eigenvalue weighted by molar-refractivity contribution is 7.11. The van der Waals surface area contributed by atoms with Gasteiger partial charge >= 0.3 is 5.97 Å². The van der Waals surface area contributed by atoms with Crippen LogP contribution in [0.4, 0.5) is 0 Å². The zero-order chi connectivity index (χ0) is 14.5. The zero-order valence-corrected chi connectivity index (χ0v) is 12.7. The SMILES string of the molecule is CCc1cnc(C(C)NCc2ccc(C(=O)OC)[nH]2)s1. The van der Waals surface area contributed by atoms with Crippen molar-refractivity contribution < 1.29 is 9.53 Å². The number of aryl methyl sites for hydroxylation is 1. The Labute approximate surface area is 122 Å². The van der Waals surface area contributed by atoms with E-state index in [9.17, 15) is 4.79 Å². The van der Waals surface area contributed by atoms with E-state index in [2.05, 4.69) is 33.9 Å². The molecule has 1 unspecified atom stereocenters. The maximum atomic E-state index is 11.3. The van der Waals surface area contributed by atoms with Crippen LogP contribution in [0.25, 0.3) is 0 Å². The van der Waals surface area contributed by atoms with E-state index in [0.29, 0.717) is 12.2 Å². The predicted octanol–water partition coefficient (Wildman–Crippen LogP) is 2.67. The summed E-state index contributed by atoms with van der Waals surface area (Å²) in [5.41, 5.74) is 1.42. The Bertz CT molecular complexity index is 576. The van der Waals surface area contributed by atoms with Gasteiger partial charge in [0.25, 0.3) is 0 Å². The number of H-pyrrole nitrogens is 1. The standard InChI is InChI=1S/C14H19N3O2S/c1-4-11-8-16-13(20-11)9(2)15-7-10-5-6-12(17-10)14(18)19-3/h5-6,8-9,15,17H,4,7H2,1-3H3. The summed E-state index contributed by atoms with van der Waals surface area (Å²) >= 11 is 1.73. The summed E-state index contributed by atoms with van der Waals surface area (Å²) in [6.07, 6.45) is 2.95. The van der Waals surface area contributed by atoms with E-state index in [1.807, 2.05) is 12.3 Å². The van der Waals surface area contributed by atoms with E-state index < -0.39 is 0 Å². The van der Waals surface area contributed by atoms with Crippen LogP contribution in [0.3, 0.4) is 0 Å². The first kappa shape index (κ1) is 14.7. The van der Waals surface area contributed by atoms with Crippen molar-refractivity contribution in [3.63, 3.8) is 0 Å². The molecule has 0 aliphatic rings. The minimum atomic E-state index is -0.350. The van der Waals surface area contributed by atoms with Crippen LogP contribution >= 0.6 is 11.3 Å². The highest BCUT2D eigenvalue weighted by Crippen LogP contribution is 2.20. The van der Waals surface area contributed by atoms with Gasteiger partial charge in [0.15, 0.2) is 0 Å². The minimum absolute atomic E-state index is 0.185. The fourth-order valence-electron chi connectivity index (χ4n) is 1.81. The summed E-state index contributed by atoms with van der Waals surface area (Å²) < 4.78 is 4.66. The molecule has 0 amide bonds. The molecule has 5 nitrogen and oxygen atoms in total. The van der Waals surface area contributed by atoms with Gasteiger partial charge in [-0.3, -0.25) is 0 Å². The Hall–Kier alpha value is -1.66. The molecule has 0 saturated carbocycles. The van der Waals surface area contributed by atoms with Gasteiger partial charge in [0.05, 0.1) is 13.2 Å². The predicted molar refractivity (Wildman–Crippen MR) is 78.9 cm³/mol. The molecule has 6 heteroatoms. The van der Waals surface area contributed by atoms with Crippen LogP contribution in [0.5, 0.6) is 0 Å². The number of carbonyl (C=O) groups is 1.